The summed E-state index contributed by atoms with van der Waals surface area (Å²) in [5.74, 6) is 0.637. The molecule has 0 fully saturated rings. The fourth-order valence-corrected chi connectivity index (χ4v) is 3.91. The minimum atomic E-state index is -3.66. The third-order valence-electron chi connectivity index (χ3n) is 3.39. The van der Waals surface area contributed by atoms with E-state index in [1.165, 1.54) is 17.5 Å². The second-order valence-electron chi connectivity index (χ2n) is 5.02. The summed E-state index contributed by atoms with van der Waals surface area (Å²) in [6.45, 7) is 5.60. The first-order chi connectivity index (χ1) is 10.3. The molecule has 1 N–H and O–H groups in total. The van der Waals surface area contributed by atoms with Crippen LogP contribution in [0.5, 0.6) is 0 Å². The van der Waals surface area contributed by atoms with Crippen LogP contribution in [-0.2, 0) is 23.6 Å². The summed E-state index contributed by atoms with van der Waals surface area (Å²) in [7, 11) is -1.91. The Bertz CT molecular complexity index is 930. The zero-order valence-electron chi connectivity index (χ0n) is 12.7. The molecule has 0 aliphatic carbocycles. The Morgan fingerprint density at radius 2 is 2.00 bits per heavy atom. The maximum Gasteiger partial charge on any atom is 0.259 e. The van der Waals surface area contributed by atoms with Crippen LogP contribution >= 0.6 is 11.3 Å². The summed E-state index contributed by atoms with van der Waals surface area (Å²) < 4.78 is 30.5. The molecule has 8 nitrogen and oxygen atoms in total. The number of aromatic nitrogens is 5. The summed E-state index contributed by atoms with van der Waals surface area (Å²) >= 11 is 1.47. The Labute approximate surface area is 131 Å². The topological polar surface area (TPSA) is 94.2 Å². The maximum atomic E-state index is 12.3. The van der Waals surface area contributed by atoms with Crippen LogP contribution in [0.4, 0.5) is 0 Å². The van der Waals surface area contributed by atoms with Crippen molar-refractivity contribution in [3.05, 3.63) is 28.4 Å². The summed E-state index contributed by atoms with van der Waals surface area (Å²) in [5.41, 5.74) is 1.49. The molecule has 0 saturated heterocycles. The van der Waals surface area contributed by atoms with Crippen LogP contribution in [0.2, 0.25) is 0 Å². The van der Waals surface area contributed by atoms with Crippen molar-refractivity contribution in [1.29, 1.82) is 0 Å². The fraction of sp³-hybridized carbons (Fsp3) is 0.417. The lowest BCUT2D eigenvalue weighted by Crippen LogP contribution is -2.24. The molecule has 0 aliphatic rings. The Kier molecular flexibility index (Phi) is 3.54. The van der Waals surface area contributed by atoms with E-state index in [-0.39, 0.29) is 11.6 Å². The SMILES string of the molecule is Cc1nn2c(CNS(=O)(=O)c3cn(C)c(C)n3)c(C)nc2s1. The van der Waals surface area contributed by atoms with Gasteiger partial charge in [-0.25, -0.2) is 27.6 Å². The highest BCUT2D eigenvalue weighted by atomic mass is 32.2. The number of nitrogens with one attached hydrogen (secondary N) is 1. The van der Waals surface area contributed by atoms with E-state index in [0.717, 1.165) is 21.4 Å². The molecule has 10 heteroatoms. The smallest absolute Gasteiger partial charge is 0.259 e. The first kappa shape index (κ1) is 15.1. The standard InChI is InChI=1S/C12H16N6O2S2/c1-7-10(18-12(14-7)21-9(3)16-18)5-13-22(19,20)11-6-17(4)8(2)15-11/h6,13H,5H2,1-4H3. The lowest BCUT2D eigenvalue weighted by atomic mass is 10.3. The zero-order valence-corrected chi connectivity index (χ0v) is 14.3. The Balaban J connectivity index is 1.88. The van der Waals surface area contributed by atoms with Crippen molar-refractivity contribution >= 4 is 26.3 Å². The molecule has 0 atom stereocenters. The van der Waals surface area contributed by atoms with Crippen molar-refractivity contribution in [2.24, 2.45) is 7.05 Å². The number of imidazole rings is 2. The molecule has 0 aliphatic heterocycles. The van der Waals surface area contributed by atoms with Gasteiger partial charge in [0.1, 0.15) is 10.8 Å². The van der Waals surface area contributed by atoms with Gasteiger partial charge < -0.3 is 4.57 Å². The third-order valence-corrected chi connectivity index (χ3v) is 5.48. The van der Waals surface area contributed by atoms with E-state index in [2.05, 4.69) is 19.8 Å². The molecule has 118 valence electrons. The number of nitrogens with zero attached hydrogens (tertiary/aromatic N) is 5. The minimum Gasteiger partial charge on any atom is -0.337 e. The second kappa shape index (κ2) is 5.14. The van der Waals surface area contributed by atoms with Crippen LogP contribution in [0.1, 0.15) is 22.2 Å². The quantitative estimate of drug-likeness (QED) is 0.762. The van der Waals surface area contributed by atoms with Crippen LogP contribution in [0.25, 0.3) is 4.96 Å². The number of aryl methyl sites for hydroxylation is 4. The number of hydrogen-bond donors (Lipinski definition) is 1. The molecule has 3 rings (SSSR count). The van der Waals surface area contributed by atoms with Crippen molar-refractivity contribution < 1.29 is 8.42 Å². The van der Waals surface area contributed by atoms with Crippen molar-refractivity contribution in [3.8, 4) is 0 Å². The molecule has 0 unspecified atom stereocenters. The van der Waals surface area contributed by atoms with Crippen molar-refractivity contribution in [2.45, 2.75) is 32.3 Å². The van der Waals surface area contributed by atoms with Gasteiger partial charge in [-0.3, -0.25) is 0 Å². The highest BCUT2D eigenvalue weighted by Crippen LogP contribution is 2.18. The van der Waals surface area contributed by atoms with E-state index >= 15 is 0 Å². The summed E-state index contributed by atoms with van der Waals surface area (Å²) in [5, 5.41) is 5.24. The number of sulfonamides is 1. The van der Waals surface area contributed by atoms with Crippen molar-refractivity contribution in [1.82, 2.24) is 28.9 Å². The molecular formula is C12H16N6O2S2. The number of fused-ring (bicyclic) bond motifs is 1. The lowest BCUT2D eigenvalue weighted by molar-refractivity contribution is 0.576. The van der Waals surface area contributed by atoms with Crippen molar-refractivity contribution in [2.75, 3.05) is 0 Å². The molecular weight excluding hydrogens is 324 g/mol. The van der Waals surface area contributed by atoms with Crippen LogP contribution in [-0.4, -0.2) is 32.6 Å². The van der Waals surface area contributed by atoms with E-state index in [4.69, 9.17) is 0 Å². The van der Waals surface area contributed by atoms with E-state index in [1.807, 2.05) is 13.8 Å². The Morgan fingerprint density at radius 1 is 1.27 bits per heavy atom. The third kappa shape index (κ3) is 2.53. The van der Waals surface area contributed by atoms with Gasteiger partial charge >= 0.3 is 0 Å². The Morgan fingerprint density at radius 3 is 2.64 bits per heavy atom. The largest absolute Gasteiger partial charge is 0.337 e. The van der Waals surface area contributed by atoms with Gasteiger partial charge in [-0.05, 0) is 20.8 Å². The summed E-state index contributed by atoms with van der Waals surface area (Å²) in [6.07, 6.45) is 1.49. The van der Waals surface area contributed by atoms with Gasteiger partial charge in [-0.2, -0.15) is 5.10 Å². The van der Waals surface area contributed by atoms with Gasteiger partial charge in [0.2, 0.25) is 4.96 Å². The van der Waals surface area contributed by atoms with Gasteiger partial charge in [-0.1, -0.05) is 11.3 Å². The fourth-order valence-electron chi connectivity index (χ4n) is 2.08. The molecule has 0 saturated carbocycles. The molecule has 0 bridgehead atoms. The van der Waals surface area contributed by atoms with Crippen LogP contribution in [0, 0.1) is 20.8 Å². The molecule has 3 heterocycles. The van der Waals surface area contributed by atoms with Crippen LogP contribution in [0.3, 0.4) is 0 Å². The van der Waals surface area contributed by atoms with Crippen LogP contribution < -0.4 is 4.72 Å². The molecule has 22 heavy (non-hydrogen) atoms. The molecule has 0 radical (unpaired) electrons. The van der Waals surface area contributed by atoms with Crippen molar-refractivity contribution in [3.63, 3.8) is 0 Å². The molecule has 0 aromatic carbocycles. The molecule has 3 aromatic rings. The van der Waals surface area contributed by atoms with E-state index in [1.54, 1.807) is 23.1 Å². The van der Waals surface area contributed by atoms with Gasteiger partial charge in [0.15, 0.2) is 5.03 Å². The highest BCUT2D eigenvalue weighted by molar-refractivity contribution is 7.89. The normalized spacial score (nSPS) is 12.4. The van der Waals surface area contributed by atoms with Gasteiger partial charge in [0, 0.05) is 13.2 Å². The number of rotatable bonds is 4. The predicted octanol–water partition coefficient (Wildman–Crippen LogP) is 0.928. The summed E-state index contributed by atoms with van der Waals surface area (Å²) in [4.78, 5) is 9.20. The van der Waals surface area contributed by atoms with E-state index in [0.29, 0.717) is 5.82 Å². The summed E-state index contributed by atoms with van der Waals surface area (Å²) in [6, 6.07) is 0. The first-order valence-electron chi connectivity index (χ1n) is 6.59. The average Bonchev–Trinajstić information content (AvgIpc) is 3.02. The predicted molar refractivity (Wildman–Crippen MR) is 82.3 cm³/mol. The van der Waals surface area contributed by atoms with E-state index in [9.17, 15) is 8.42 Å². The lowest BCUT2D eigenvalue weighted by Gasteiger charge is -2.04. The monoisotopic (exact) mass is 340 g/mol. The zero-order chi connectivity index (χ0) is 16.1. The van der Waals surface area contributed by atoms with E-state index < -0.39 is 10.0 Å². The molecule has 3 aromatic heterocycles. The maximum absolute atomic E-state index is 12.3. The first-order valence-corrected chi connectivity index (χ1v) is 8.89. The van der Waals surface area contributed by atoms with Gasteiger partial charge in [0.25, 0.3) is 10.0 Å². The second-order valence-corrected chi connectivity index (χ2v) is 7.90. The Hall–Kier alpha value is -1.78. The van der Waals surface area contributed by atoms with Gasteiger partial charge in [-0.15, -0.1) is 0 Å². The average molecular weight is 340 g/mol. The molecule has 0 spiro atoms. The minimum absolute atomic E-state index is 0.0142. The highest BCUT2D eigenvalue weighted by Gasteiger charge is 2.20. The molecule has 0 amide bonds. The number of hydrogen-bond acceptors (Lipinski definition) is 6. The van der Waals surface area contributed by atoms with Crippen LogP contribution in [0.15, 0.2) is 11.2 Å². The van der Waals surface area contributed by atoms with Gasteiger partial charge in [0.05, 0.1) is 17.9 Å².